The number of carbonyl (C=O) groups excluding carboxylic acids is 1. The highest BCUT2D eigenvalue weighted by molar-refractivity contribution is 7.90. The van der Waals surface area contributed by atoms with Crippen molar-refractivity contribution >= 4 is 15.7 Å². The van der Waals surface area contributed by atoms with E-state index in [1.54, 1.807) is 4.90 Å². The van der Waals surface area contributed by atoms with Crippen LogP contribution in [0.3, 0.4) is 0 Å². The van der Waals surface area contributed by atoms with Crippen molar-refractivity contribution in [2.45, 2.75) is 25.7 Å². The smallest absolute Gasteiger partial charge is 0.222 e. The summed E-state index contributed by atoms with van der Waals surface area (Å²) in [5.74, 6) is 0.162. The molecule has 4 nitrogen and oxygen atoms in total. The molecular weight excluding hydrogens is 226 g/mol. The van der Waals surface area contributed by atoms with Gasteiger partial charge < -0.3 is 4.90 Å². The summed E-state index contributed by atoms with van der Waals surface area (Å²) in [6.45, 7) is 5.35. The minimum atomic E-state index is -2.94. The first-order valence-corrected chi connectivity index (χ1v) is 7.57. The summed E-state index contributed by atoms with van der Waals surface area (Å²) in [6.07, 6.45) is 3.70. The first kappa shape index (κ1) is 13.2. The van der Waals surface area contributed by atoms with Crippen molar-refractivity contribution in [2.24, 2.45) is 0 Å². The monoisotopic (exact) mass is 245 g/mol. The molecule has 0 aromatic heterocycles. The average molecular weight is 245 g/mol. The highest BCUT2D eigenvalue weighted by Gasteiger charge is 2.17. The normalized spacial score (nSPS) is 17.6. The molecule has 16 heavy (non-hydrogen) atoms. The van der Waals surface area contributed by atoms with Crippen LogP contribution in [0.25, 0.3) is 0 Å². The van der Waals surface area contributed by atoms with Gasteiger partial charge >= 0.3 is 0 Å². The van der Waals surface area contributed by atoms with E-state index in [0.29, 0.717) is 12.8 Å². The minimum absolute atomic E-state index is 0.0659. The van der Waals surface area contributed by atoms with E-state index in [0.717, 1.165) is 25.9 Å². The zero-order valence-corrected chi connectivity index (χ0v) is 10.6. The van der Waals surface area contributed by atoms with Crippen molar-refractivity contribution < 1.29 is 13.2 Å². The van der Waals surface area contributed by atoms with Gasteiger partial charge in [-0.2, -0.15) is 0 Å². The first-order valence-electron chi connectivity index (χ1n) is 5.50. The van der Waals surface area contributed by atoms with E-state index >= 15 is 0 Å². The quantitative estimate of drug-likeness (QED) is 0.694. The largest absolute Gasteiger partial charge is 0.342 e. The zero-order chi connectivity index (χ0) is 12.2. The van der Waals surface area contributed by atoms with Crippen LogP contribution >= 0.6 is 0 Å². The standard InChI is InChI=1S/C11H19NO3S/c1-10-5-7-12(8-6-10)11(13)4-3-9-16(2,14)15/h1,3-9H2,2H3. The number of hydrogen-bond acceptors (Lipinski definition) is 3. The van der Waals surface area contributed by atoms with Crippen molar-refractivity contribution in [1.82, 2.24) is 4.90 Å². The molecule has 0 bridgehead atoms. The van der Waals surface area contributed by atoms with Gasteiger partial charge in [0.25, 0.3) is 0 Å². The summed E-state index contributed by atoms with van der Waals surface area (Å²) in [5, 5.41) is 0. The first-order chi connectivity index (χ1) is 7.38. The van der Waals surface area contributed by atoms with Crippen molar-refractivity contribution in [3.63, 3.8) is 0 Å². The summed E-state index contributed by atoms with van der Waals surface area (Å²) >= 11 is 0. The molecule has 0 radical (unpaired) electrons. The number of hydrogen-bond donors (Lipinski definition) is 0. The highest BCUT2D eigenvalue weighted by Crippen LogP contribution is 2.15. The van der Waals surface area contributed by atoms with Gasteiger partial charge in [-0.3, -0.25) is 4.79 Å². The predicted octanol–water partition coefficient (Wildman–Crippen LogP) is 0.990. The van der Waals surface area contributed by atoms with Crippen LogP contribution in [0.5, 0.6) is 0 Å². The van der Waals surface area contributed by atoms with E-state index in [1.807, 2.05) is 0 Å². The lowest BCUT2D eigenvalue weighted by Gasteiger charge is -2.28. The molecule has 1 amide bonds. The summed E-state index contributed by atoms with van der Waals surface area (Å²) in [6, 6.07) is 0. The van der Waals surface area contributed by atoms with Crippen LogP contribution in [-0.2, 0) is 14.6 Å². The fraction of sp³-hybridized carbons (Fsp3) is 0.727. The number of rotatable bonds is 4. The third-order valence-electron chi connectivity index (χ3n) is 2.73. The molecule has 0 atom stereocenters. The fourth-order valence-corrected chi connectivity index (χ4v) is 2.38. The van der Waals surface area contributed by atoms with Crippen LogP contribution in [-0.4, -0.2) is 44.3 Å². The van der Waals surface area contributed by atoms with E-state index < -0.39 is 9.84 Å². The van der Waals surface area contributed by atoms with Gasteiger partial charge in [-0.15, -0.1) is 0 Å². The Kier molecular flexibility index (Phi) is 4.53. The Hall–Kier alpha value is -0.840. The molecule has 0 spiro atoms. The van der Waals surface area contributed by atoms with E-state index in [1.165, 1.54) is 11.8 Å². The molecule has 0 N–H and O–H groups in total. The molecule has 1 heterocycles. The molecule has 1 saturated heterocycles. The summed E-state index contributed by atoms with van der Waals surface area (Å²) in [4.78, 5) is 13.5. The zero-order valence-electron chi connectivity index (χ0n) is 9.74. The number of likely N-dealkylation sites (tertiary alicyclic amines) is 1. The average Bonchev–Trinajstić information content (AvgIpc) is 2.16. The third kappa shape index (κ3) is 4.79. The Bertz CT molecular complexity index is 363. The molecule has 5 heteroatoms. The van der Waals surface area contributed by atoms with Gasteiger partial charge in [-0.1, -0.05) is 12.2 Å². The van der Waals surface area contributed by atoms with Crippen LogP contribution in [0.4, 0.5) is 0 Å². The molecule has 0 saturated carbocycles. The second kappa shape index (κ2) is 5.48. The van der Waals surface area contributed by atoms with Crippen molar-refractivity contribution in [1.29, 1.82) is 0 Å². The molecule has 0 unspecified atom stereocenters. The van der Waals surface area contributed by atoms with Crippen LogP contribution < -0.4 is 0 Å². The number of piperidine rings is 1. The van der Waals surface area contributed by atoms with Crippen LogP contribution in [0.2, 0.25) is 0 Å². The maximum Gasteiger partial charge on any atom is 0.222 e. The van der Waals surface area contributed by atoms with Gasteiger partial charge in [0.1, 0.15) is 9.84 Å². The maximum atomic E-state index is 11.7. The summed E-state index contributed by atoms with van der Waals surface area (Å²) in [7, 11) is -2.94. The summed E-state index contributed by atoms with van der Waals surface area (Å²) in [5.41, 5.74) is 1.19. The van der Waals surface area contributed by atoms with Crippen molar-refractivity contribution in [3.05, 3.63) is 12.2 Å². The molecular formula is C11H19NO3S. The molecule has 0 aromatic carbocycles. The van der Waals surface area contributed by atoms with Crippen LogP contribution in [0.1, 0.15) is 25.7 Å². The lowest BCUT2D eigenvalue weighted by molar-refractivity contribution is -0.131. The second-order valence-corrected chi connectivity index (χ2v) is 6.62. The fourth-order valence-electron chi connectivity index (χ4n) is 1.72. The van der Waals surface area contributed by atoms with Gasteiger partial charge in [0.15, 0.2) is 0 Å². The molecule has 1 aliphatic rings. The molecule has 1 aliphatic heterocycles. The van der Waals surface area contributed by atoms with E-state index in [4.69, 9.17) is 0 Å². The Balaban J connectivity index is 2.28. The van der Waals surface area contributed by atoms with Gasteiger partial charge in [-0.25, -0.2) is 8.42 Å². The molecule has 0 aromatic rings. The lowest BCUT2D eigenvalue weighted by Crippen LogP contribution is -2.36. The van der Waals surface area contributed by atoms with Gasteiger partial charge in [-0.05, 0) is 19.3 Å². The van der Waals surface area contributed by atoms with Gasteiger partial charge in [0.2, 0.25) is 5.91 Å². The van der Waals surface area contributed by atoms with E-state index in [9.17, 15) is 13.2 Å². The number of carbonyl (C=O) groups is 1. The number of nitrogens with zero attached hydrogens (tertiary/aromatic N) is 1. The third-order valence-corrected chi connectivity index (χ3v) is 3.76. The molecule has 1 rings (SSSR count). The van der Waals surface area contributed by atoms with E-state index in [2.05, 4.69) is 6.58 Å². The van der Waals surface area contributed by atoms with Crippen LogP contribution in [0.15, 0.2) is 12.2 Å². The Morgan fingerprint density at radius 2 is 1.94 bits per heavy atom. The van der Waals surface area contributed by atoms with Gasteiger partial charge in [0.05, 0.1) is 5.75 Å². The SMILES string of the molecule is C=C1CCN(C(=O)CCCS(C)(=O)=O)CC1. The predicted molar refractivity (Wildman–Crippen MR) is 63.9 cm³/mol. The maximum absolute atomic E-state index is 11.7. The topological polar surface area (TPSA) is 54.5 Å². The Morgan fingerprint density at radius 1 is 1.38 bits per heavy atom. The molecule has 1 fully saturated rings. The number of sulfone groups is 1. The molecule has 0 aliphatic carbocycles. The Labute approximate surface area is 97.2 Å². The van der Waals surface area contributed by atoms with Crippen molar-refractivity contribution in [2.75, 3.05) is 25.1 Å². The van der Waals surface area contributed by atoms with Crippen molar-refractivity contribution in [3.8, 4) is 0 Å². The van der Waals surface area contributed by atoms with Crippen LogP contribution in [0, 0.1) is 0 Å². The molecule has 92 valence electrons. The Morgan fingerprint density at radius 3 is 2.44 bits per heavy atom. The van der Waals surface area contributed by atoms with Gasteiger partial charge in [0, 0.05) is 25.8 Å². The summed E-state index contributed by atoms with van der Waals surface area (Å²) < 4.78 is 21.8. The highest BCUT2D eigenvalue weighted by atomic mass is 32.2. The minimum Gasteiger partial charge on any atom is -0.342 e. The number of amides is 1. The van der Waals surface area contributed by atoms with E-state index in [-0.39, 0.29) is 11.7 Å². The second-order valence-electron chi connectivity index (χ2n) is 4.36. The lowest BCUT2D eigenvalue weighted by atomic mass is 10.1.